The van der Waals surface area contributed by atoms with Crippen LogP contribution in [0.4, 0.5) is 10.1 Å². The van der Waals surface area contributed by atoms with Gasteiger partial charge in [0.15, 0.2) is 0 Å². The van der Waals surface area contributed by atoms with Crippen molar-refractivity contribution < 1.29 is 17.6 Å². The SMILES string of the molecule is CCc1ccc(NC(=O)CN(Cc2ccc(F)cc2)S(=O)(=O)c2ccc(Cl)cc2)cc1. The molecule has 0 saturated carbocycles. The first kappa shape index (κ1) is 22.9. The first-order valence-electron chi connectivity index (χ1n) is 9.67. The first-order chi connectivity index (χ1) is 14.8. The molecular formula is C23H22ClFN2O3S. The van der Waals surface area contributed by atoms with Gasteiger partial charge in [0.1, 0.15) is 5.82 Å². The van der Waals surface area contributed by atoms with Crippen LogP contribution in [-0.2, 0) is 27.8 Å². The van der Waals surface area contributed by atoms with Crippen LogP contribution in [0.1, 0.15) is 18.1 Å². The highest BCUT2D eigenvalue weighted by atomic mass is 35.5. The van der Waals surface area contributed by atoms with Crippen LogP contribution in [0.25, 0.3) is 0 Å². The summed E-state index contributed by atoms with van der Waals surface area (Å²) < 4.78 is 40.7. The Hall–Kier alpha value is -2.74. The second kappa shape index (κ2) is 10.0. The number of anilines is 1. The van der Waals surface area contributed by atoms with E-state index in [0.717, 1.165) is 16.3 Å². The zero-order chi connectivity index (χ0) is 22.4. The Balaban J connectivity index is 1.84. The van der Waals surface area contributed by atoms with Crippen molar-refractivity contribution in [3.8, 4) is 0 Å². The molecule has 0 aliphatic rings. The number of carbonyl (C=O) groups is 1. The average molecular weight is 461 g/mol. The number of nitrogens with zero attached hydrogens (tertiary/aromatic N) is 1. The summed E-state index contributed by atoms with van der Waals surface area (Å²) in [4.78, 5) is 12.7. The van der Waals surface area contributed by atoms with Crippen LogP contribution in [0.5, 0.6) is 0 Å². The predicted molar refractivity (Wildman–Crippen MR) is 120 cm³/mol. The van der Waals surface area contributed by atoms with Crippen molar-refractivity contribution in [1.82, 2.24) is 4.31 Å². The lowest BCUT2D eigenvalue weighted by molar-refractivity contribution is -0.116. The molecule has 31 heavy (non-hydrogen) atoms. The van der Waals surface area contributed by atoms with Crippen molar-refractivity contribution in [3.05, 3.63) is 94.8 Å². The van der Waals surface area contributed by atoms with Gasteiger partial charge in [-0.3, -0.25) is 4.79 Å². The third-order valence-electron chi connectivity index (χ3n) is 4.69. The summed E-state index contributed by atoms with van der Waals surface area (Å²) in [6.07, 6.45) is 0.874. The summed E-state index contributed by atoms with van der Waals surface area (Å²) in [6, 6.07) is 18.5. The average Bonchev–Trinajstić information content (AvgIpc) is 2.75. The van der Waals surface area contributed by atoms with E-state index in [2.05, 4.69) is 5.32 Å². The fraction of sp³-hybridized carbons (Fsp3) is 0.174. The minimum absolute atomic E-state index is 0.0131. The third kappa shape index (κ3) is 6.13. The Morgan fingerprint density at radius 2 is 1.52 bits per heavy atom. The van der Waals surface area contributed by atoms with Crippen molar-refractivity contribution in [2.45, 2.75) is 24.8 Å². The second-order valence-electron chi connectivity index (χ2n) is 6.95. The highest BCUT2D eigenvalue weighted by molar-refractivity contribution is 7.89. The number of hydrogen-bond donors (Lipinski definition) is 1. The van der Waals surface area contributed by atoms with Gasteiger partial charge in [-0.1, -0.05) is 42.8 Å². The van der Waals surface area contributed by atoms with Crippen LogP contribution in [0.3, 0.4) is 0 Å². The zero-order valence-electron chi connectivity index (χ0n) is 16.9. The number of hydrogen-bond acceptors (Lipinski definition) is 3. The van der Waals surface area contributed by atoms with Gasteiger partial charge in [-0.25, -0.2) is 12.8 Å². The molecule has 8 heteroatoms. The Morgan fingerprint density at radius 1 is 0.935 bits per heavy atom. The highest BCUT2D eigenvalue weighted by Gasteiger charge is 2.27. The number of benzene rings is 3. The van der Waals surface area contributed by atoms with Crippen molar-refractivity contribution in [1.29, 1.82) is 0 Å². The highest BCUT2D eigenvalue weighted by Crippen LogP contribution is 2.21. The normalized spacial score (nSPS) is 11.5. The number of amides is 1. The number of aryl methyl sites for hydroxylation is 1. The van der Waals surface area contributed by atoms with Gasteiger partial charge in [0.2, 0.25) is 15.9 Å². The second-order valence-corrected chi connectivity index (χ2v) is 9.33. The van der Waals surface area contributed by atoms with E-state index in [0.29, 0.717) is 16.3 Å². The Morgan fingerprint density at radius 3 is 2.10 bits per heavy atom. The van der Waals surface area contributed by atoms with Gasteiger partial charge in [-0.2, -0.15) is 4.31 Å². The molecule has 0 spiro atoms. The molecule has 0 radical (unpaired) electrons. The molecule has 3 aromatic carbocycles. The molecule has 1 amide bonds. The molecule has 0 aliphatic carbocycles. The number of halogens is 2. The van der Waals surface area contributed by atoms with Crippen molar-refractivity contribution in [2.24, 2.45) is 0 Å². The lowest BCUT2D eigenvalue weighted by Gasteiger charge is -2.22. The van der Waals surface area contributed by atoms with E-state index in [4.69, 9.17) is 11.6 Å². The number of carbonyl (C=O) groups excluding carboxylic acids is 1. The quantitative estimate of drug-likeness (QED) is 0.521. The minimum atomic E-state index is -4.00. The summed E-state index contributed by atoms with van der Waals surface area (Å²) in [7, 11) is -4.00. The number of nitrogens with one attached hydrogen (secondary N) is 1. The lowest BCUT2D eigenvalue weighted by atomic mass is 10.1. The summed E-state index contributed by atoms with van der Waals surface area (Å²) in [5.41, 5.74) is 2.26. The fourth-order valence-electron chi connectivity index (χ4n) is 2.96. The van der Waals surface area contributed by atoms with Gasteiger partial charge < -0.3 is 5.32 Å². The van der Waals surface area contributed by atoms with E-state index >= 15 is 0 Å². The van der Waals surface area contributed by atoms with Gasteiger partial charge in [0, 0.05) is 17.3 Å². The van der Waals surface area contributed by atoms with Crippen molar-refractivity contribution >= 4 is 33.2 Å². The van der Waals surface area contributed by atoms with Crippen LogP contribution < -0.4 is 5.32 Å². The molecule has 0 fully saturated rings. The van der Waals surface area contributed by atoms with Gasteiger partial charge >= 0.3 is 0 Å². The molecule has 0 bridgehead atoms. The summed E-state index contributed by atoms with van der Waals surface area (Å²) in [5, 5.41) is 3.13. The standard InChI is InChI=1S/C23H22ClFN2O3S/c1-2-17-5-11-21(12-6-17)26-23(28)16-27(15-18-3-9-20(25)10-4-18)31(29,30)22-13-7-19(24)8-14-22/h3-14H,2,15-16H2,1H3,(H,26,28). The first-order valence-corrected chi connectivity index (χ1v) is 11.5. The molecule has 3 aromatic rings. The lowest BCUT2D eigenvalue weighted by Crippen LogP contribution is -2.37. The minimum Gasteiger partial charge on any atom is -0.325 e. The van der Waals surface area contributed by atoms with E-state index in [-0.39, 0.29) is 11.4 Å². The summed E-state index contributed by atoms with van der Waals surface area (Å²) in [6.45, 7) is 1.54. The predicted octanol–water partition coefficient (Wildman–Crippen LogP) is 4.87. The van der Waals surface area contributed by atoms with Gasteiger partial charge in [-0.15, -0.1) is 0 Å². The molecule has 3 rings (SSSR count). The monoisotopic (exact) mass is 460 g/mol. The van der Waals surface area contributed by atoms with Crippen LogP contribution in [0.2, 0.25) is 5.02 Å². The van der Waals surface area contributed by atoms with Crippen molar-refractivity contribution in [3.63, 3.8) is 0 Å². The van der Waals surface area contributed by atoms with Crippen LogP contribution in [-0.4, -0.2) is 25.2 Å². The van der Waals surface area contributed by atoms with E-state index in [9.17, 15) is 17.6 Å². The zero-order valence-corrected chi connectivity index (χ0v) is 18.5. The Labute approximate surface area is 186 Å². The van der Waals surface area contributed by atoms with E-state index in [1.165, 1.54) is 48.5 Å². The number of rotatable bonds is 8. The largest absolute Gasteiger partial charge is 0.325 e. The fourth-order valence-corrected chi connectivity index (χ4v) is 4.47. The van der Waals surface area contributed by atoms with Gasteiger partial charge in [-0.05, 0) is 66.1 Å². The molecule has 0 atom stereocenters. The molecule has 0 unspecified atom stereocenters. The molecule has 0 aliphatic heterocycles. The number of sulfonamides is 1. The topological polar surface area (TPSA) is 66.5 Å². The third-order valence-corrected chi connectivity index (χ3v) is 6.75. The molecule has 0 aromatic heterocycles. The van der Waals surface area contributed by atoms with E-state index in [1.807, 2.05) is 19.1 Å². The molecular weight excluding hydrogens is 439 g/mol. The Kier molecular flexibility index (Phi) is 7.43. The maximum absolute atomic E-state index is 13.3. The molecule has 162 valence electrons. The maximum Gasteiger partial charge on any atom is 0.243 e. The van der Waals surface area contributed by atoms with Crippen LogP contribution in [0, 0.1) is 5.82 Å². The van der Waals surface area contributed by atoms with Gasteiger partial charge in [0.05, 0.1) is 11.4 Å². The smallest absolute Gasteiger partial charge is 0.243 e. The molecule has 1 N–H and O–H groups in total. The van der Waals surface area contributed by atoms with E-state index in [1.54, 1.807) is 12.1 Å². The molecule has 0 saturated heterocycles. The van der Waals surface area contributed by atoms with Crippen LogP contribution >= 0.6 is 11.6 Å². The van der Waals surface area contributed by atoms with E-state index < -0.39 is 28.3 Å². The van der Waals surface area contributed by atoms with Crippen LogP contribution in [0.15, 0.2) is 77.7 Å². The molecule has 5 nitrogen and oxygen atoms in total. The molecule has 0 heterocycles. The summed E-state index contributed by atoms with van der Waals surface area (Å²) >= 11 is 5.87. The maximum atomic E-state index is 13.3. The summed E-state index contributed by atoms with van der Waals surface area (Å²) in [5.74, 6) is -0.909. The Bertz CT molecular complexity index is 1130. The van der Waals surface area contributed by atoms with Crippen molar-refractivity contribution in [2.75, 3.05) is 11.9 Å². The van der Waals surface area contributed by atoms with Gasteiger partial charge in [0.25, 0.3) is 0 Å².